The lowest BCUT2D eigenvalue weighted by Gasteiger charge is -2.23. The molecular formula is C20H15F2NO3. The normalized spacial score (nSPS) is 10.4. The lowest BCUT2D eigenvalue weighted by molar-refractivity contribution is 0.0998. The molecule has 0 heterocycles. The summed E-state index contributed by atoms with van der Waals surface area (Å²) in [6, 6.07) is 15.2. The van der Waals surface area contributed by atoms with Crippen molar-refractivity contribution in [3.8, 4) is 11.5 Å². The van der Waals surface area contributed by atoms with Gasteiger partial charge in [-0.2, -0.15) is 0 Å². The van der Waals surface area contributed by atoms with Crippen molar-refractivity contribution >= 4 is 17.3 Å². The highest BCUT2D eigenvalue weighted by atomic mass is 19.1. The van der Waals surface area contributed by atoms with Gasteiger partial charge in [0.25, 0.3) is 5.91 Å². The molecule has 26 heavy (non-hydrogen) atoms. The summed E-state index contributed by atoms with van der Waals surface area (Å²) in [5.41, 5.74) is 0.939. The second kappa shape index (κ2) is 7.23. The van der Waals surface area contributed by atoms with Crippen molar-refractivity contribution in [1.29, 1.82) is 0 Å². The van der Waals surface area contributed by atoms with Crippen LogP contribution >= 0.6 is 0 Å². The summed E-state index contributed by atoms with van der Waals surface area (Å²) < 4.78 is 32.1. The first kappa shape index (κ1) is 17.4. The van der Waals surface area contributed by atoms with Gasteiger partial charge in [-0.05, 0) is 66.7 Å². The fourth-order valence-corrected chi connectivity index (χ4v) is 2.50. The van der Waals surface area contributed by atoms with Crippen LogP contribution in [0.2, 0.25) is 0 Å². The fraction of sp³-hybridized carbons (Fsp3) is 0.0500. The highest BCUT2D eigenvalue weighted by Gasteiger charge is 2.21. The molecule has 0 unspecified atom stereocenters. The van der Waals surface area contributed by atoms with E-state index >= 15 is 0 Å². The molecule has 0 aliphatic rings. The Hall–Kier alpha value is -3.41. The summed E-state index contributed by atoms with van der Waals surface area (Å²) in [6.45, 7) is 0. The van der Waals surface area contributed by atoms with Gasteiger partial charge in [0.15, 0.2) is 11.6 Å². The largest absolute Gasteiger partial charge is 0.508 e. The molecule has 0 fully saturated rings. The van der Waals surface area contributed by atoms with Gasteiger partial charge < -0.3 is 9.84 Å². The fourth-order valence-electron chi connectivity index (χ4n) is 2.50. The lowest BCUT2D eigenvalue weighted by Crippen LogP contribution is -2.26. The van der Waals surface area contributed by atoms with Gasteiger partial charge in [0.1, 0.15) is 11.6 Å². The van der Waals surface area contributed by atoms with Crippen LogP contribution in [0.5, 0.6) is 11.5 Å². The number of phenolic OH excluding ortho intramolecular Hbond substituents is 1. The van der Waals surface area contributed by atoms with Crippen molar-refractivity contribution < 1.29 is 23.4 Å². The second-order valence-corrected chi connectivity index (χ2v) is 5.48. The number of nitrogens with zero attached hydrogens (tertiary/aromatic N) is 1. The molecule has 0 atom stereocenters. The predicted octanol–water partition coefficient (Wildman–Crippen LogP) is 4.66. The summed E-state index contributed by atoms with van der Waals surface area (Å²) in [5, 5.41) is 9.48. The molecule has 6 heteroatoms. The molecule has 1 amide bonds. The van der Waals surface area contributed by atoms with Crippen LogP contribution in [0.15, 0.2) is 66.7 Å². The molecule has 3 aromatic rings. The summed E-state index contributed by atoms with van der Waals surface area (Å²) in [5.74, 6) is -1.55. The number of amides is 1. The first-order chi connectivity index (χ1) is 12.5. The molecule has 3 aromatic carbocycles. The summed E-state index contributed by atoms with van der Waals surface area (Å²) in [7, 11) is 1.33. The molecule has 0 saturated carbocycles. The van der Waals surface area contributed by atoms with Gasteiger partial charge in [0, 0.05) is 16.9 Å². The number of anilines is 2. The maximum atomic E-state index is 14.0. The first-order valence-electron chi connectivity index (χ1n) is 7.72. The Labute approximate surface area is 148 Å². The molecule has 0 aliphatic heterocycles. The number of benzene rings is 3. The monoisotopic (exact) mass is 355 g/mol. The van der Waals surface area contributed by atoms with Crippen LogP contribution < -0.4 is 9.64 Å². The molecule has 0 bridgehead atoms. The second-order valence-electron chi connectivity index (χ2n) is 5.48. The quantitative estimate of drug-likeness (QED) is 0.741. The average Bonchev–Trinajstić information content (AvgIpc) is 2.65. The van der Waals surface area contributed by atoms with Gasteiger partial charge in [0.2, 0.25) is 0 Å². The van der Waals surface area contributed by atoms with Crippen molar-refractivity contribution in [3.63, 3.8) is 0 Å². The zero-order valence-electron chi connectivity index (χ0n) is 13.8. The van der Waals surface area contributed by atoms with Gasteiger partial charge in [-0.15, -0.1) is 0 Å². The standard InChI is InChI=1S/C20H15F2NO3/c1-26-19-11-2-13(12-18(19)22)20(25)23(15-5-3-14(21)4-6-15)16-7-9-17(24)10-8-16/h2-12,24H,1H3. The Morgan fingerprint density at radius 2 is 1.50 bits per heavy atom. The number of methoxy groups -OCH3 is 1. The third-order valence-corrected chi connectivity index (χ3v) is 3.79. The number of hydrogen-bond donors (Lipinski definition) is 1. The van der Waals surface area contributed by atoms with E-state index in [9.17, 15) is 18.7 Å². The molecule has 1 N–H and O–H groups in total. The van der Waals surface area contributed by atoms with Crippen molar-refractivity contribution in [3.05, 3.63) is 83.9 Å². The number of carbonyl (C=O) groups is 1. The van der Waals surface area contributed by atoms with E-state index < -0.39 is 17.5 Å². The topological polar surface area (TPSA) is 49.8 Å². The van der Waals surface area contributed by atoms with Crippen molar-refractivity contribution in [2.24, 2.45) is 0 Å². The summed E-state index contributed by atoms with van der Waals surface area (Å²) >= 11 is 0. The number of halogens is 2. The van der Waals surface area contributed by atoms with Crippen molar-refractivity contribution in [2.75, 3.05) is 12.0 Å². The van der Waals surface area contributed by atoms with Gasteiger partial charge in [-0.1, -0.05) is 0 Å². The van der Waals surface area contributed by atoms with E-state index in [2.05, 4.69) is 0 Å². The third kappa shape index (κ3) is 3.49. The van der Waals surface area contributed by atoms with E-state index in [0.29, 0.717) is 11.4 Å². The predicted molar refractivity (Wildman–Crippen MR) is 93.9 cm³/mol. The summed E-state index contributed by atoms with van der Waals surface area (Å²) in [4.78, 5) is 14.3. The van der Waals surface area contributed by atoms with Crippen LogP contribution in [0.1, 0.15) is 10.4 Å². The SMILES string of the molecule is COc1ccc(C(=O)N(c2ccc(O)cc2)c2ccc(F)cc2)cc1F. The maximum absolute atomic E-state index is 14.0. The molecule has 0 radical (unpaired) electrons. The first-order valence-corrected chi connectivity index (χ1v) is 7.72. The van der Waals surface area contributed by atoms with Gasteiger partial charge in [-0.25, -0.2) is 8.78 Å². The number of aromatic hydroxyl groups is 1. The van der Waals surface area contributed by atoms with E-state index in [1.807, 2.05) is 0 Å². The summed E-state index contributed by atoms with van der Waals surface area (Å²) in [6.07, 6.45) is 0. The number of ether oxygens (including phenoxy) is 1. The van der Waals surface area contributed by atoms with Gasteiger partial charge in [-0.3, -0.25) is 9.69 Å². The molecule has 0 aromatic heterocycles. The Kier molecular flexibility index (Phi) is 4.84. The lowest BCUT2D eigenvalue weighted by atomic mass is 10.1. The highest BCUT2D eigenvalue weighted by molar-refractivity contribution is 6.11. The minimum Gasteiger partial charge on any atom is -0.508 e. The van der Waals surface area contributed by atoms with Crippen molar-refractivity contribution in [1.82, 2.24) is 0 Å². The zero-order chi connectivity index (χ0) is 18.7. The number of hydrogen-bond acceptors (Lipinski definition) is 3. The highest BCUT2D eigenvalue weighted by Crippen LogP contribution is 2.30. The van der Waals surface area contributed by atoms with E-state index in [-0.39, 0.29) is 17.1 Å². The van der Waals surface area contributed by atoms with E-state index in [1.165, 1.54) is 72.7 Å². The van der Waals surface area contributed by atoms with Crippen LogP contribution in [0.25, 0.3) is 0 Å². The minimum atomic E-state index is -0.664. The Morgan fingerprint density at radius 3 is 2.04 bits per heavy atom. The smallest absolute Gasteiger partial charge is 0.262 e. The van der Waals surface area contributed by atoms with E-state index in [4.69, 9.17) is 4.74 Å². The molecule has 3 rings (SSSR count). The van der Waals surface area contributed by atoms with Crippen LogP contribution in [-0.2, 0) is 0 Å². The third-order valence-electron chi connectivity index (χ3n) is 3.79. The molecule has 0 saturated heterocycles. The van der Waals surface area contributed by atoms with Crippen LogP contribution in [0.4, 0.5) is 20.2 Å². The van der Waals surface area contributed by atoms with E-state index in [1.54, 1.807) is 0 Å². The van der Waals surface area contributed by atoms with Gasteiger partial charge in [0.05, 0.1) is 7.11 Å². The maximum Gasteiger partial charge on any atom is 0.262 e. The van der Waals surface area contributed by atoms with Crippen LogP contribution in [0.3, 0.4) is 0 Å². The molecule has 0 aliphatic carbocycles. The average molecular weight is 355 g/mol. The molecular weight excluding hydrogens is 340 g/mol. The zero-order valence-corrected chi connectivity index (χ0v) is 13.8. The van der Waals surface area contributed by atoms with E-state index in [0.717, 1.165) is 6.07 Å². The minimum absolute atomic E-state index is 0.0273. The van der Waals surface area contributed by atoms with Crippen molar-refractivity contribution in [2.45, 2.75) is 0 Å². The molecule has 4 nitrogen and oxygen atoms in total. The Bertz CT molecular complexity index is 879. The molecule has 0 spiro atoms. The Balaban J connectivity index is 2.07. The Morgan fingerprint density at radius 1 is 0.923 bits per heavy atom. The van der Waals surface area contributed by atoms with Gasteiger partial charge >= 0.3 is 0 Å². The van der Waals surface area contributed by atoms with Crippen LogP contribution in [0, 0.1) is 11.6 Å². The molecule has 132 valence electrons. The number of rotatable bonds is 4. The number of carbonyl (C=O) groups excluding carboxylic acids is 1. The van der Waals surface area contributed by atoms with Crippen LogP contribution in [-0.4, -0.2) is 18.1 Å². The number of phenols is 1.